The van der Waals surface area contributed by atoms with Crippen LogP contribution in [0.15, 0.2) is 30.3 Å². The summed E-state index contributed by atoms with van der Waals surface area (Å²) in [4.78, 5) is 15.3. The van der Waals surface area contributed by atoms with Gasteiger partial charge in [-0.1, -0.05) is 12.1 Å². The number of H-pyrrole nitrogens is 1. The third-order valence-electron chi connectivity index (χ3n) is 6.29. The molecule has 2 aliphatic rings. The lowest BCUT2D eigenvalue weighted by atomic mass is 10.1. The number of aromatic nitrogens is 3. The average molecular weight is 427 g/mol. The van der Waals surface area contributed by atoms with Crippen LogP contribution in [0.2, 0.25) is 0 Å². The van der Waals surface area contributed by atoms with Gasteiger partial charge in [-0.2, -0.15) is 0 Å². The van der Waals surface area contributed by atoms with Gasteiger partial charge in [0, 0.05) is 41.0 Å². The standard InChI is InChI=1S/C22H26N4O3S/c1-14-11-17-16(5-4-6-18(17)23-14)21-24-19(22(7-8-22)30(3,27)28)12-20(25-21)26-9-10-29-13-15(26)2/h4-6,11-12,15,23H,7-10,13H2,1-3H3. The molecule has 158 valence electrons. The van der Waals surface area contributed by atoms with E-state index >= 15 is 0 Å². The second-order valence-corrected chi connectivity index (χ2v) is 10.9. The van der Waals surface area contributed by atoms with Gasteiger partial charge >= 0.3 is 0 Å². The number of hydrogen-bond acceptors (Lipinski definition) is 6. The van der Waals surface area contributed by atoms with E-state index in [1.165, 1.54) is 6.26 Å². The zero-order valence-electron chi connectivity index (χ0n) is 17.5. The molecule has 0 amide bonds. The quantitative estimate of drug-likeness (QED) is 0.689. The van der Waals surface area contributed by atoms with Crippen molar-refractivity contribution in [3.05, 3.63) is 41.7 Å². The first-order valence-corrected chi connectivity index (χ1v) is 12.2. The van der Waals surface area contributed by atoms with Crippen molar-refractivity contribution < 1.29 is 13.2 Å². The molecule has 1 N–H and O–H groups in total. The third kappa shape index (κ3) is 3.09. The Balaban J connectivity index is 1.72. The Kier molecular flexibility index (Phi) is 4.41. The number of aromatic amines is 1. The van der Waals surface area contributed by atoms with E-state index in [2.05, 4.69) is 22.9 Å². The third-order valence-corrected chi connectivity index (χ3v) is 8.33. The van der Waals surface area contributed by atoms with Gasteiger partial charge in [-0.25, -0.2) is 18.4 Å². The molecule has 8 heteroatoms. The number of anilines is 1. The number of fused-ring (bicyclic) bond motifs is 1. The maximum absolute atomic E-state index is 12.6. The molecule has 3 heterocycles. The van der Waals surface area contributed by atoms with Gasteiger partial charge in [0.1, 0.15) is 10.6 Å². The van der Waals surface area contributed by atoms with Crippen molar-refractivity contribution in [2.45, 2.75) is 37.5 Å². The summed E-state index contributed by atoms with van der Waals surface area (Å²) in [5, 5.41) is 1.04. The molecule has 1 saturated carbocycles. The van der Waals surface area contributed by atoms with E-state index in [0.717, 1.165) is 34.5 Å². The van der Waals surface area contributed by atoms with Gasteiger partial charge in [0.25, 0.3) is 0 Å². The first-order valence-electron chi connectivity index (χ1n) is 10.3. The maximum Gasteiger partial charge on any atom is 0.162 e. The van der Waals surface area contributed by atoms with E-state index < -0.39 is 14.6 Å². The summed E-state index contributed by atoms with van der Waals surface area (Å²) in [5.74, 6) is 1.34. The molecule has 0 radical (unpaired) electrons. The Hall–Kier alpha value is -2.45. The SMILES string of the molecule is Cc1cc2c(-c3nc(N4CCOCC4C)cc(C4(S(C)(=O)=O)CC4)n3)cccc2[nH]1. The molecule has 1 unspecified atom stereocenters. The number of aryl methyl sites for hydroxylation is 1. The fourth-order valence-corrected chi connectivity index (χ4v) is 5.75. The van der Waals surface area contributed by atoms with Gasteiger partial charge in [-0.15, -0.1) is 0 Å². The number of sulfone groups is 1. The molecule has 2 fully saturated rings. The van der Waals surface area contributed by atoms with Crippen LogP contribution in [-0.4, -0.2) is 55.4 Å². The average Bonchev–Trinajstić information content (AvgIpc) is 3.44. The summed E-state index contributed by atoms with van der Waals surface area (Å²) in [6.45, 7) is 6.09. The van der Waals surface area contributed by atoms with Crippen molar-refractivity contribution in [1.29, 1.82) is 0 Å². The largest absolute Gasteiger partial charge is 0.377 e. The zero-order valence-corrected chi connectivity index (χ0v) is 18.3. The molecule has 1 aromatic carbocycles. The molecule has 30 heavy (non-hydrogen) atoms. The molecule has 2 aromatic heterocycles. The number of rotatable bonds is 4. The van der Waals surface area contributed by atoms with Gasteiger partial charge in [-0.05, 0) is 38.8 Å². The Labute approximate surface area is 176 Å². The molecule has 0 spiro atoms. The second-order valence-electron chi connectivity index (χ2n) is 8.54. The number of ether oxygens (including phenoxy) is 1. The van der Waals surface area contributed by atoms with Crippen LogP contribution in [0.4, 0.5) is 5.82 Å². The molecule has 3 aromatic rings. The van der Waals surface area contributed by atoms with Crippen LogP contribution in [-0.2, 0) is 19.3 Å². The first kappa shape index (κ1) is 19.5. The maximum atomic E-state index is 12.6. The van der Waals surface area contributed by atoms with E-state index in [0.29, 0.717) is 37.6 Å². The van der Waals surface area contributed by atoms with Gasteiger partial charge in [-0.3, -0.25) is 0 Å². The predicted molar refractivity (Wildman–Crippen MR) is 117 cm³/mol. The van der Waals surface area contributed by atoms with Crippen molar-refractivity contribution in [3.63, 3.8) is 0 Å². The smallest absolute Gasteiger partial charge is 0.162 e. The van der Waals surface area contributed by atoms with Crippen LogP contribution < -0.4 is 4.90 Å². The minimum absolute atomic E-state index is 0.160. The van der Waals surface area contributed by atoms with E-state index in [4.69, 9.17) is 14.7 Å². The van der Waals surface area contributed by atoms with Gasteiger partial charge < -0.3 is 14.6 Å². The van der Waals surface area contributed by atoms with Crippen molar-refractivity contribution in [2.75, 3.05) is 30.9 Å². The fraction of sp³-hybridized carbons (Fsp3) is 0.455. The van der Waals surface area contributed by atoms with Crippen molar-refractivity contribution in [1.82, 2.24) is 15.0 Å². The molecular formula is C22H26N4O3S. The monoisotopic (exact) mass is 426 g/mol. The topological polar surface area (TPSA) is 88.2 Å². The molecular weight excluding hydrogens is 400 g/mol. The summed E-state index contributed by atoms with van der Waals surface area (Å²) >= 11 is 0. The molecule has 1 aliphatic carbocycles. The summed E-state index contributed by atoms with van der Waals surface area (Å²) in [7, 11) is -3.28. The predicted octanol–water partition coefficient (Wildman–Crippen LogP) is 3.19. The molecule has 1 atom stereocenters. The molecule has 1 aliphatic heterocycles. The normalized spacial score (nSPS) is 21.2. The van der Waals surface area contributed by atoms with Crippen molar-refractivity contribution in [3.8, 4) is 11.4 Å². The number of nitrogens with one attached hydrogen (secondary N) is 1. The molecule has 0 bridgehead atoms. The number of hydrogen-bond donors (Lipinski definition) is 1. The zero-order chi connectivity index (χ0) is 21.1. The second kappa shape index (κ2) is 6.78. The van der Waals surface area contributed by atoms with Crippen molar-refractivity contribution in [2.24, 2.45) is 0 Å². The lowest BCUT2D eigenvalue weighted by molar-refractivity contribution is 0.0985. The highest BCUT2D eigenvalue weighted by Crippen LogP contribution is 2.52. The summed E-state index contributed by atoms with van der Waals surface area (Å²) < 4.78 is 30.0. The van der Waals surface area contributed by atoms with E-state index in [1.807, 2.05) is 31.2 Å². The first-order chi connectivity index (χ1) is 14.3. The van der Waals surface area contributed by atoms with Gasteiger partial charge in [0.15, 0.2) is 15.7 Å². The summed E-state index contributed by atoms with van der Waals surface area (Å²) in [6, 6.07) is 10.1. The Morgan fingerprint density at radius 2 is 2.03 bits per heavy atom. The highest BCUT2D eigenvalue weighted by atomic mass is 32.2. The number of morpholine rings is 1. The minimum atomic E-state index is -3.28. The summed E-state index contributed by atoms with van der Waals surface area (Å²) in [6.07, 6.45) is 2.52. The van der Waals surface area contributed by atoms with Crippen LogP contribution in [0.3, 0.4) is 0 Å². The van der Waals surface area contributed by atoms with Crippen LogP contribution in [0, 0.1) is 6.92 Å². The van der Waals surface area contributed by atoms with Crippen LogP contribution >= 0.6 is 0 Å². The molecule has 5 rings (SSSR count). The highest BCUT2D eigenvalue weighted by Gasteiger charge is 2.55. The Morgan fingerprint density at radius 3 is 2.73 bits per heavy atom. The number of benzene rings is 1. The van der Waals surface area contributed by atoms with Gasteiger partial charge in [0.05, 0.1) is 24.9 Å². The minimum Gasteiger partial charge on any atom is -0.377 e. The fourth-order valence-electron chi connectivity index (χ4n) is 4.42. The van der Waals surface area contributed by atoms with E-state index in [9.17, 15) is 8.42 Å². The Bertz CT molecular complexity index is 1230. The molecule has 1 saturated heterocycles. The van der Waals surface area contributed by atoms with Crippen LogP contribution in [0.5, 0.6) is 0 Å². The van der Waals surface area contributed by atoms with Crippen LogP contribution in [0.1, 0.15) is 31.2 Å². The van der Waals surface area contributed by atoms with E-state index in [-0.39, 0.29) is 6.04 Å². The van der Waals surface area contributed by atoms with Gasteiger partial charge in [0.2, 0.25) is 0 Å². The molecule has 7 nitrogen and oxygen atoms in total. The van der Waals surface area contributed by atoms with Crippen LogP contribution in [0.25, 0.3) is 22.3 Å². The lowest BCUT2D eigenvalue weighted by Gasteiger charge is -2.34. The van der Waals surface area contributed by atoms with Crippen molar-refractivity contribution >= 4 is 26.6 Å². The van der Waals surface area contributed by atoms with E-state index in [1.54, 1.807) is 0 Å². The Morgan fingerprint density at radius 1 is 1.23 bits per heavy atom. The lowest BCUT2D eigenvalue weighted by Crippen LogP contribution is -2.44. The summed E-state index contributed by atoms with van der Waals surface area (Å²) in [5.41, 5.74) is 3.59. The highest BCUT2D eigenvalue weighted by molar-refractivity contribution is 7.91. The number of nitrogens with zero attached hydrogens (tertiary/aromatic N) is 3.